The highest BCUT2D eigenvalue weighted by molar-refractivity contribution is 9.10. The molecule has 0 aliphatic rings. The summed E-state index contributed by atoms with van der Waals surface area (Å²) >= 11 is 3.41. The van der Waals surface area contributed by atoms with Crippen LogP contribution in [0.4, 0.5) is 0 Å². The number of hydrogen-bond donors (Lipinski definition) is 2. The topological polar surface area (TPSA) is 75.4 Å². The molecule has 25 heavy (non-hydrogen) atoms. The van der Waals surface area contributed by atoms with Crippen LogP contribution in [0.15, 0.2) is 46.9 Å². The Bertz CT molecular complexity index is 946. The fourth-order valence-corrected chi connectivity index (χ4v) is 3.03. The van der Waals surface area contributed by atoms with Crippen LogP contribution in [0.25, 0.3) is 5.69 Å². The second kappa shape index (κ2) is 6.72. The van der Waals surface area contributed by atoms with Crippen molar-refractivity contribution >= 4 is 21.7 Å². The van der Waals surface area contributed by atoms with Crippen LogP contribution in [-0.2, 0) is 6.42 Å². The van der Waals surface area contributed by atoms with Crippen molar-refractivity contribution < 1.29 is 15.0 Å². The first-order chi connectivity index (χ1) is 11.9. The van der Waals surface area contributed by atoms with Crippen molar-refractivity contribution in [1.82, 2.24) is 9.78 Å². The minimum Gasteiger partial charge on any atom is -0.508 e. The first-order valence-electron chi connectivity index (χ1n) is 7.73. The van der Waals surface area contributed by atoms with Gasteiger partial charge in [0.2, 0.25) is 0 Å². The number of phenolic OH excluding ortho intramolecular Hbond substituents is 2. The Labute approximate surface area is 153 Å². The van der Waals surface area contributed by atoms with Gasteiger partial charge in [-0.05, 0) is 56.3 Å². The third kappa shape index (κ3) is 3.44. The summed E-state index contributed by atoms with van der Waals surface area (Å²) in [5.74, 6) is -0.464. The zero-order valence-electron chi connectivity index (χ0n) is 13.8. The Hall–Kier alpha value is -2.60. The second-order valence-corrected chi connectivity index (χ2v) is 6.75. The molecule has 0 aliphatic heterocycles. The zero-order valence-corrected chi connectivity index (χ0v) is 15.4. The first-order valence-corrected chi connectivity index (χ1v) is 8.52. The Morgan fingerprint density at radius 1 is 1.12 bits per heavy atom. The van der Waals surface area contributed by atoms with E-state index in [9.17, 15) is 15.0 Å². The molecular formula is C19H17BrN2O3. The number of halogens is 1. The van der Waals surface area contributed by atoms with Crippen LogP contribution in [0.1, 0.15) is 27.3 Å². The molecule has 3 aromatic rings. The smallest absolute Gasteiger partial charge is 0.171 e. The number of Topliss-reactive ketones (excluding diaryl/α,β-unsaturated/α-hetero) is 1. The number of aromatic hydroxyl groups is 2. The number of benzene rings is 2. The SMILES string of the molecule is Cc1nn(-c2ccc(Br)cc2)c(C)c1CC(=O)c1cc(O)ccc1O. The minimum atomic E-state index is -0.269. The monoisotopic (exact) mass is 400 g/mol. The Balaban J connectivity index is 1.94. The van der Waals surface area contributed by atoms with E-state index in [1.54, 1.807) is 4.68 Å². The van der Waals surface area contributed by atoms with Crippen molar-refractivity contribution in [3.8, 4) is 17.2 Å². The Kier molecular flexibility index (Phi) is 4.63. The van der Waals surface area contributed by atoms with E-state index in [0.717, 1.165) is 27.1 Å². The van der Waals surface area contributed by atoms with Crippen molar-refractivity contribution in [3.63, 3.8) is 0 Å². The molecule has 0 atom stereocenters. The molecule has 0 unspecified atom stereocenters. The van der Waals surface area contributed by atoms with Crippen molar-refractivity contribution in [2.75, 3.05) is 0 Å². The number of nitrogens with zero attached hydrogens (tertiary/aromatic N) is 2. The van der Waals surface area contributed by atoms with Crippen molar-refractivity contribution in [3.05, 3.63) is 69.5 Å². The molecule has 0 bridgehead atoms. The third-order valence-corrected chi connectivity index (χ3v) is 4.66. The molecule has 1 aromatic heterocycles. The molecule has 0 radical (unpaired) electrons. The number of aromatic nitrogens is 2. The van der Waals surface area contributed by atoms with Crippen molar-refractivity contribution in [2.24, 2.45) is 0 Å². The van der Waals surface area contributed by atoms with Crippen LogP contribution in [0.2, 0.25) is 0 Å². The maximum atomic E-state index is 12.6. The summed E-state index contributed by atoms with van der Waals surface area (Å²) in [4.78, 5) is 12.6. The number of hydrogen-bond acceptors (Lipinski definition) is 4. The van der Waals surface area contributed by atoms with Crippen LogP contribution >= 0.6 is 15.9 Å². The van der Waals surface area contributed by atoms with E-state index in [2.05, 4.69) is 21.0 Å². The largest absolute Gasteiger partial charge is 0.508 e. The van der Waals surface area contributed by atoms with E-state index in [4.69, 9.17) is 0 Å². The van der Waals surface area contributed by atoms with Crippen LogP contribution in [0, 0.1) is 13.8 Å². The molecule has 0 amide bonds. The summed E-state index contributed by atoms with van der Waals surface area (Å²) < 4.78 is 2.78. The molecular weight excluding hydrogens is 384 g/mol. The van der Waals surface area contributed by atoms with Gasteiger partial charge in [-0.15, -0.1) is 0 Å². The van der Waals surface area contributed by atoms with Gasteiger partial charge in [-0.2, -0.15) is 5.10 Å². The predicted molar refractivity (Wildman–Crippen MR) is 98.5 cm³/mol. The molecule has 0 fully saturated rings. The average Bonchev–Trinajstić information content (AvgIpc) is 2.86. The maximum Gasteiger partial charge on any atom is 0.171 e. The molecule has 0 saturated heterocycles. The Morgan fingerprint density at radius 2 is 1.80 bits per heavy atom. The van der Waals surface area contributed by atoms with Crippen LogP contribution in [0.3, 0.4) is 0 Å². The number of aryl methyl sites for hydroxylation is 1. The van der Waals surface area contributed by atoms with Crippen LogP contribution < -0.4 is 0 Å². The van der Waals surface area contributed by atoms with Crippen LogP contribution in [0.5, 0.6) is 11.5 Å². The molecule has 3 rings (SSSR count). The van der Waals surface area contributed by atoms with E-state index < -0.39 is 0 Å². The number of carbonyl (C=O) groups is 1. The molecule has 5 nitrogen and oxygen atoms in total. The molecule has 0 aliphatic carbocycles. The second-order valence-electron chi connectivity index (χ2n) is 5.84. The highest BCUT2D eigenvalue weighted by Crippen LogP contribution is 2.26. The van der Waals surface area contributed by atoms with E-state index in [0.29, 0.717) is 0 Å². The molecule has 2 aromatic carbocycles. The zero-order chi connectivity index (χ0) is 18.1. The molecule has 6 heteroatoms. The van der Waals surface area contributed by atoms with Gasteiger partial charge in [0, 0.05) is 22.2 Å². The first kappa shape index (κ1) is 17.2. The summed E-state index contributed by atoms with van der Waals surface area (Å²) in [6.07, 6.45) is 0.102. The average molecular weight is 401 g/mol. The minimum absolute atomic E-state index is 0.0554. The van der Waals surface area contributed by atoms with Gasteiger partial charge in [-0.25, -0.2) is 4.68 Å². The predicted octanol–water partition coefficient (Wildman–Crippen LogP) is 4.09. The number of phenols is 2. The normalized spacial score (nSPS) is 10.8. The highest BCUT2D eigenvalue weighted by Gasteiger charge is 2.19. The van der Waals surface area contributed by atoms with E-state index in [1.165, 1.54) is 18.2 Å². The number of rotatable bonds is 4. The van der Waals surface area contributed by atoms with Gasteiger partial charge in [0.25, 0.3) is 0 Å². The maximum absolute atomic E-state index is 12.6. The third-order valence-electron chi connectivity index (χ3n) is 4.13. The highest BCUT2D eigenvalue weighted by atomic mass is 79.9. The lowest BCUT2D eigenvalue weighted by Gasteiger charge is -2.07. The molecule has 0 spiro atoms. The summed E-state index contributed by atoms with van der Waals surface area (Å²) in [5.41, 5.74) is 3.45. The van der Waals surface area contributed by atoms with Gasteiger partial charge in [0.15, 0.2) is 5.78 Å². The van der Waals surface area contributed by atoms with Gasteiger partial charge in [-0.1, -0.05) is 15.9 Å². The van der Waals surface area contributed by atoms with Crippen molar-refractivity contribution in [2.45, 2.75) is 20.3 Å². The van der Waals surface area contributed by atoms with Gasteiger partial charge in [0.05, 0.1) is 16.9 Å². The summed E-state index contributed by atoms with van der Waals surface area (Å²) in [7, 11) is 0. The lowest BCUT2D eigenvalue weighted by Crippen LogP contribution is -2.06. The quantitative estimate of drug-likeness (QED) is 0.510. The lowest BCUT2D eigenvalue weighted by atomic mass is 10.0. The fourth-order valence-electron chi connectivity index (χ4n) is 2.77. The summed E-state index contributed by atoms with van der Waals surface area (Å²) in [5, 5.41) is 24.0. The van der Waals surface area contributed by atoms with Crippen LogP contribution in [-0.4, -0.2) is 25.8 Å². The molecule has 0 saturated carbocycles. The lowest BCUT2D eigenvalue weighted by molar-refractivity contribution is 0.0989. The summed E-state index contributed by atoms with van der Waals surface area (Å²) in [6, 6.07) is 11.7. The summed E-state index contributed by atoms with van der Waals surface area (Å²) in [6.45, 7) is 3.76. The molecule has 2 N–H and O–H groups in total. The van der Waals surface area contributed by atoms with Gasteiger partial charge in [-0.3, -0.25) is 4.79 Å². The van der Waals surface area contributed by atoms with E-state index in [-0.39, 0.29) is 29.3 Å². The Morgan fingerprint density at radius 3 is 2.48 bits per heavy atom. The van der Waals surface area contributed by atoms with Gasteiger partial charge < -0.3 is 10.2 Å². The molecule has 1 heterocycles. The van der Waals surface area contributed by atoms with Crippen molar-refractivity contribution in [1.29, 1.82) is 0 Å². The van der Waals surface area contributed by atoms with Gasteiger partial charge in [0.1, 0.15) is 11.5 Å². The van der Waals surface area contributed by atoms with E-state index in [1.807, 2.05) is 38.1 Å². The standard InChI is InChI=1S/C19H17BrN2O3/c1-11-16(10-19(25)17-9-15(23)7-8-18(17)24)12(2)22(21-11)14-5-3-13(20)4-6-14/h3-9,23-24H,10H2,1-2H3. The van der Waals surface area contributed by atoms with E-state index >= 15 is 0 Å². The molecule has 128 valence electrons. The fraction of sp³-hybridized carbons (Fsp3) is 0.158. The van der Waals surface area contributed by atoms with Gasteiger partial charge >= 0.3 is 0 Å². The number of ketones is 1. The number of carbonyl (C=O) groups excluding carboxylic acids is 1.